The second-order valence-corrected chi connectivity index (χ2v) is 6.54. The standard InChI is InChI=1S/C17H21NO2S/c1-12(19)17-15(6-3-7-16(17)20-2)18(13-8-9-13)11-14-5-4-10-21-14/h3-7,10,12-13,19H,8-9,11H2,1-2H3. The van der Waals surface area contributed by atoms with Crippen LogP contribution >= 0.6 is 11.3 Å². The number of hydrogen-bond donors (Lipinski definition) is 1. The topological polar surface area (TPSA) is 32.7 Å². The Kier molecular flexibility index (Phi) is 4.17. The molecule has 0 radical (unpaired) electrons. The summed E-state index contributed by atoms with van der Waals surface area (Å²) in [5.41, 5.74) is 1.99. The number of ether oxygens (including phenoxy) is 1. The highest BCUT2D eigenvalue weighted by Gasteiger charge is 2.32. The maximum Gasteiger partial charge on any atom is 0.126 e. The van der Waals surface area contributed by atoms with Crippen LogP contribution in [0, 0.1) is 0 Å². The van der Waals surface area contributed by atoms with Gasteiger partial charge in [0.25, 0.3) is 0 Å². The number of nitrogens with zero attached hydrogens (tertiary/aromatic N) is 1. The van der Waals surface area contributed by atoms with E-state index >= 15 is 0 Å². The predicted octanol–water partition coefficient (Wildman–Crippen LogP) is 3.98. The van der Waals surface area contributed by atoms with Crippen molar-refractivity contribution in [2.75, 3.05) is 12.0 Å². The van der Waals surface area contributed by atoms with Crippen molar-refractivity contribution in [1.29, 1.82) is 0 Å². The van der Waals surface area contributed by atoms with E-state index in [1.807, 2.05) is 12.1 Å². The van der Waals surface area contributed by atoms with Crippen molar-refractivity contribution in [2.24, 2.45) is 0 Å². The van der Waals surface area contributed by atoms with Crippen molar-refractivity contribution in [3.05, 3.63) is 46.2 Å². The molecule has 1 saturated carbocycles. The van der Waals surface area contributed by atoms with Crippen LogP contribution in [-0.2, 0) is 6.54 Å². The van der Waals surface area contributed by atoms with E-state index in [1.165, 1.54) is 17.7 Å². The van der Waals surface area contributed by atoms with Gasteiger partial charge in [0.1, 0.15) is 5.75 Å². The first-order chi connectivity index (χ1) is 10.2. The molecule has 1 aliphatic carbocycles. The third-order valence-electron chi connectivity index (χ3n) is 3.88. The number of hydrogen-bond acceptors (Lipinski definition) is 4. The largest absolute Gasteiger partial charge is 0.496 e. The predicted molar refractivity (Wildman–Crippen MR) is 87.2 cm³/mol. The molecule has 3 nitrogen and oxygen atoms in total. The minimum atomic E-state index is -0.541. The quantitative estimate of drug-likeness (QED) is 0.876. The number of anilines is 1. The second-order valence-electron chi connectivity index (χ2n) is 5.51. The van der Waals surface area contributed by atoms with E-state index in [0.29, 0.717) is 6.04 Å². The Morgan fingerprint density at radius 3 is 2.71 bits per heavy atom. The third-order valence-corrected chi connectivity index (χ3v) is 4.75. The Morgan fingerprint density at radius 2 is 2.14 bits per heavy atom. The van der Waals surface area contributed by atoms with E-state index in [1.54, 1.807) is 25.4 Å². The van der Waals surface area contributed by atoms with E-state index < -0.39 is 6.10 Å². The minimum Gasteiger partial charge on any atom is -0.496 e. The Morgan fingerprint density at radius 1 is 1.33 bits per heavy atom. The first kappa shape index (κ1) is 14.4. The van der Waals surface area contributed by atoms with Gasteiger partial charge in [0, 0.05) is 22.2 Å². The van der Waals surface area contributed by atoms with Gasteiger partial charge in [-0.3, -0.25) is 0 Å². The average Bonchev–Trinajstić information content (AvgIpc) is 3.20. The highest BCUT2D eigenvalue weighted by Crippen LogP contribution is 2.40. The normalized spacial score (nSPS) is 15.8. The highest BCUT2D eigenvalue weighted by molar-refractivity contribution is 7.09. The molecule has 0 aliphatic heterocycles. The number of aliphatic hydroxyl groups is 1. The van der Waals surface area contributed by atoms with Gasteiger partial charge < -0.3 is 14.7 Å². The van der Waals surface area contributed by atoms with Gasteiger partial charge in [-0.15, -0.1) is 11.3 Å². The monoisotopic (exact) mass is 303 g/mol. The summed E-state index contributed by atoms with van der Waals surface area (Å²) in [6.07, 6.45) is 1.91. The van der Waals surface area contributed by atoms with E-state index in [0.717, 1.165) is 23.5 Å². The van der Waals surface area contributed by atoms with Crippen LogP contribution < -0.4 is 9.64 Å². The molecule has 1 fully saturated rings. The third kappa shape index (κ3) is 3.06. The molecule has 0 saturated heterocycles. The van der Waals surface area contributed by atoms with E-state index in [4.69, 9.17) is 4.74 Å². The maximum atomic E-state index is 10.2. The molecule has 1 unspecified atom stereocenters. The summed E-state index contributed by atoms with van der Waals surface area (Å²) in [4.78, 5) is 3.76. The zero-order valence-electron chi connectivity index (χ0n) is 12.5. The second kappa shape index (κ2) is 6.08. The molecule has 0 bridgehead atoms. The van der Waals surface area contributed by atoms with Crippen LogP contribution in [0.25, 0.3) is 0 Å². The van der Waals surface area contributed by atoms with Crippen LogP contribution in [-0.4, -0.2) is 18.3 Å². The molecular formula is C17H21NO2S. The first-order valence-corrected chi connectivity index (χ1v) is 8.22. The molecule has 1 aliphatic rings. The summed E-state index contributed by atoms with van der Waals surface area (Å²) in [7, 11) is 1.66. The Balaban J connectivity index is 1.99. The van der Waals surface area contributed by atoms with Gasteiger partial charge in [0.05, 0.1) is 19.8 Å². The summed E-state index contributed by atoms with van der Waals surface area (Å²) in [5.74, 6) is 0.763. The maximum absolute atomic E-state index is 10.2. The van der Waals surface area contributed by atoms with Crippen LogP contribution in [0.3, 0.4) is 0 Å². The van der Waals surface area contributed by atoms with Crippen LogP contribution in [0.15, 0.2) is 35.7 Å². The molecule has 112 valence electrons. The van der Waals surface area contributed by atoms with Crippen molar-refractivity contribution >= 4 is 17.0 Å². The van der Waals surface area contributed by atoms with Crippen molar-refractivity contribution < 1.29 is 9.84 Å². The van der Waals surface area contributed by atoms with E-state index in [-0.39, 0.29) is 0 Å². The van der Waals surface area contributed by atoms with Gasteiger partial charge >= 0.3 is 0 Å². The molecule has 1 atom stereocenters. The Hall–Kier alpha value is -1.52. The van der Waals surface area contributed by atoms with Crippen LogP contribution in [0.5, 0.6) is 5.75 Å². The number of aliphatic hydroxyl groups excluding tert-OH is 1. The number of benzene rings is 1. The minimum absolute atomic E-state index is 0.541. The van der Waals surface area contributed by atoms with Crippen LogP contribution in [0.4, 0.5) is 5.69 Å². The number of thiophene rings is 1. The lowest BCUT2D eigenvalue weighted by molar-refractivity contribution is 0.194. The molecule has 0 spiro atoms. The summed E-state index contributed by atoms with van der Waals surface area (Å²) in [6, 6.07) is 10.9. The molecule has 1 aromatic carbocycles. The summed E-state index contributed by atoms with van der Waals surface area (Å²) in [6.45, 7) is 2.70. The van der Waals surface area contributed by atoms with Crippen molar-refractivity contribution in [3.8, 4) is 5.75 Å². The van der Waals surface area contributed by atoms with Gasteiger partial charge in [-0.25, -0.2) is 0 Å². The number of rotatable bonds is 6. The molecule has 3 rings (SSSR count). The zero-order valence-corrected chi connectivity index (χ0v) is 13.3. The summed E-state index contributed by atoms with van der Waals surface area (Å²) >= 11 is 1.78. The van der Waals surface area contributed by atoms with E-state index in [2.05, 4.69) is 28.5 Å². The first-order valence-electron chi connectivity index (χ1n) is 7.34. The fourth-order valence-corrected chi connectivity index (χ4v) is 3.45. The van der Waals surface area contributed by atoms with Gasteiger partial charge in [0.2, 0.25) is 0 Å². The molecule has 2 aromatic rings. The fraction of sp³-hybridized carbons (Fsp3) is 0.412. The van der Waals surface area contributed by atoms with Crippen LogP contribution in [0.2, 0.25) is 0 Å². The molecule has 21 heavy (non-hydrogen) atoms. The summed E-state index contributed by atoms with van der Waals surface area (Å²) < 4.78 is 5.45. The lowest BCUT2D eigenvalue weighted by Crippen LogP contribution is -2.26. The SMILES string of the molecule is COc1cccc(N(Cc2cccs2)C2CC2)c1C(C)O. The molecular weight excluding hydrogens is 282 g/mol. The molecule has 0 amide bonds. The molecule has 1 heterocycles. The smallest absolute Gasteiger partial charge is 0.126 e. The molecule has 1 aromatic heterocycles. The highest BCUT2D eigenvalue weighted by atomic mass is 32.1. The van der Waals surface area contributed by atoms with Crippen molar-refractivity contribution in [3.63, 3.8) is 0 Å². The number of methoxy groups -OCH3 is 1. The Labute approximate surface area is 129 Å². The lowest BCUT2D eigenvalue weighted by Gasteiger charge is -2.28. The van der Waals surface area contributed by atoms with Gasteiger partial charge in [-0.2, -0.15) is 0 Å². The van der Waals surface area contributed by atoms with Gasteiger partial charge in [-0.1, -0.05) is 12.1 Å². The molecule has 4 heteroatoms. The lowest BCUT2D eigenvalue weighted by atomic mass is 10.1. The van der Waals surface area contributed by atoms with Gasteiger partial charge in [0.15, 0.2) is 0 Å². The summed E-state index contributed by atoms with van der Waals surface area (Å²) in [5, 5.41) is 12.3. The van der Waals surface area contributed by atoms with Crippen LogP contribution in [0.1, 0.15) is 36.3 Å². The average molecular weight is 303 g/mol. The molecule has 1 N–H and O–H groups in total. The van der Waals surface area contributed by atoms with Crippen molar-refractivity contribution in [1.82, 2.24) is 0 Å². The van der Waals surface area contributed by atoms with Crippen molar-refractivity contribution in [2.45, 2.75) is 38.5 Å². The zero-order chi connectivity index (χ0) is 14.8. The fourth-order valence-electron chi connectivity index (χ4n) is 2.75. The Bertz CT molecular complexity index is 591. The van der Waals surface area contributed by atoms with E-state index in [9.17, 15) is 5.11 Å². The van der Waals surface area contributed by atoms with Gasteiger partial charge in [-0.05, 0) is 43.3 Å².